The van der Waals surface area contributed by atoms with Gasteiger partial charge in [-0.1, -0.05) is 0 Å². The van der Waals surface area contributed by atoms with Gasteiger partial charge in [0.25, 0.3) is 0 Å². The molecule has 0 atom stereocenters. The number of sulfone groups is 1. The van der Waals surface area contributed by atoms with E-state index in [9.17, 15) is 13.2 Å². The van der Waals surface area contributed by atoms with E-state index in [1.165, 1.54) is 7.11 Å². The van der Waals surface area contributed by atoms with Crippen LogP contribution in [0.25, 0.3) is 0 Å². The maximum atomic E-state index is 11.8. The Hall–Kier alpha value is -1.60. The first-order chi connectivity index (χ1) is 9.11. The highest BCUT2D eigenvalue weighted by Gasteiger charge is 2.24. The van der Waals surface area contributed by atoms with Crippen LogP contribution in [0.5, 0.6) is 5.75 Å². The summed E-state index contributed by atoms with van der Waals surface area (Å²) in [7, 11) is -2.00. The summed E-state index contributed by atoms with van der Waals surface area (Å²) < 4.78 is 28.6. The average Bonchev–Trinajstić information content (AvgIpc) is 2.25. The highest BCUT2D eigenvalue weighted by molar-refractivity contribution is 7.92. The lowest BCUT2D eigenvalue weighted by Gasteiger charge is -2.17. The molecule has 0 fully saturated rings. The molecule has 1 aromatic rings. The van der Waals surface area contributed by atoms with Crippen molar-refractivity contribution in [3.63, 3.8) is 0 Å². The van der Waals surface area contributed by atoms with Gasteiger partial charge in [0.05, 0.1) is 12.9 Å². The van der Waals surface area contributed by atoms with E-state index in [2.05, 4.69) is 5.32 Å². The number of nitrogens with two attached hydrogens (primary N) is 1. The first-order valence-corrected chi connectivity index (χ1v) is 7.87. The zero-order valence-electron chi connectivity index (χ0n) is 11.8. The molecule has 0 aliphatic heterocycles. The van der Waals surface area contributed by atoms with Crippen molar-refractivity contribution in [3.05, 3.63) is 24.3 Å². The number of hydrogen-bond acceptors (Lipinski definition) is 5. The Kier molecular flexibility index (Phi) is 5.13. The zero-order valence-corrected chi connectivity index (χ0v) is 12.7. The van der Waals surface area contributed by atoms with Crippen molar-refractivity contribution in [1.82, 2.24) is 0 Å². The van der Waals surface area contributed by atoms with Crippen molar-refractivity contribution >= 4 is 21.4 Å². The normalized spacial score (nSPS) is 12.0. The van der Waals surface area contributed by atoms with Gasteiger partial charge < -0.3 is 15.8 Å². The monoisotopic (exact) mass is 300 g/mol. The molecule has 1 rings (SSSR count). The van der Waals surface area contributed by atoms with E-state index in [0.717, 1.165) is 0 Å². The number of hydrogen-bond donors (Lipinski definition) is 2. The second-order valence-electron chi connectivity index (χ2n) is 5.30. The largest absolute Gasteiger partial charge is 0.497 e. The quantitative estimate of drug-likeness (QED) is 0.809. The first-order valence-electron chi connectivity index (χ1n) is 6.04. The molecule has 1 amide bonds. The van der Waals surface area contributed by atoms with Gasteiger partial charge in [-0.05, 0) is 38.1 Å². The number of rotatable bonds is 6. The van der Waals surface area contributed by atoms with Gasteiger partial charge >= 0.3 is 0 Å². The van der Waals surface area contributed by atoms with Gasteiger partial charge in [0.15, 0.2) is 9.84 Å². The summed E-state index contributed by atoms with van der Waals surface area (Å²) in [6.45, 7) is 3.21. The molecule has 0 aliphatic carbocycles. The van der Waals surface area contributed by atoms with Crippen LogP contribution < -0.4 is 15.8 Å². The fourth-order valence-electron chi connectivity index (χ4n) is 1.69. The first kappa shape index (κ1) is 16.5. The summed E-state index contributed by atoms with van der Waals surface area (Å²) in [5.41, 5.74) is 5.31. The van der Waals surface area contributed by atoms with Crippen LogP contribution in [-0.2, 0) is 14.6 Å². The number of anilines is 1. The molecule has 0 bridgehead atoms. The molecule has 20 heavy (non-hydrogen) atoms. The van der Waals surface area contributed by atoms with E-state index in [1.54, 1.807) is 38.1 Å². The van der Waals surface area contributed by atoms with Crippen LogP contribution in [0.15, 0.2) is 24.3 Å². The lowest BCUT2D eigenvalue weighted by molar-refractivity contribution is -0.113. The standard InChI is InChI=1S/C13H20N2O4S/c1-13(2,14)9-20(17,18)8-12(16)15-10-4-6-11(19-3)7-5-10/h4-7H,8-9,14H2,1-3H3,(H,15,16). The molecular formula is C13H20N2O4S. The Bertz CT molecular complexity index is 559. The third-order valence-electron chi connectivity index (χ3n) is 2.32. The summed E-state index contributed by atoms with van der Waals surface area (Å²) in [5, 5.41) is 2.52. The molecule has 6 nitrogen and oxygen atoms in total. The Morgan fingerprint density at radius 3 is 2.30 bits per heavy atom. The van der Waals surface area contributed by atoms with Gasteiger partial charge in [-0.3, -0.25) is 4.79 Å². The molecular weight excluding hydrogens is 280 g/mol. The Morgan fingerprint density at radius 2 is 1.85 bits per heavy atom. The topological polar surface area (TPSA) is 98.5 Å². The number of nitrogens with one attached hydrogen (secondary N) is 1. The molecule has 3 N–H and O–H groups in total. The molecule has 0 aromatic heterocycles. The van der Waals surface area contributed by atoms with E-state index in [4.69, 9.17) is 10.5 Å². The summed E-state index contributed by atoms with van der Waals surface area (Å²) in [5.74, 6) is -0.754. The molecule has 0 saturated carbocycles. The highest BCUT2D eigenvalue weighted by atomic mass is 32.2. The summed E-state index contributed by atoms with van der Waals surface area (Å²) in [6.07, 6.45) is 0. The van der Waals surface area contributed by atoms with Crippen LogP contribution in [0.1, 0.15) is 13.8 Å². The second kappa shape index (κ2) is 6.23. The average molecular weight is 300 g/mol. The molecule has 0 saturated heterocycles. The summed E-state index contributed by atoms with van der Waals surface area (Å²) in [4.78, 5) is 11.7. The predicted molar refractivity (Wildman–Crippen MR) is 78.5 cm³/mol. The minimum Gasteiger partial charge on any atom is -0.497 e. The third-order valence-corrected chi connectivity index (χ3v) is 4.20. The Balaban J connectivity index is 2.63. The summed E-state index contributed by atoms with van der Waals surface area (Å²) in [6, 6.07) is 6.62. The molecule has 0 unspecified atom stereocenters. The van der Waals surface area contributed by atoms with E-state index >= 15 is 0 Å². The number of methoxy groups -OCH3 is 1. The van der Waals surface area contributed by atoms with Gasteiger partial charge in [-0.2, -0.15) is 0 Å². The molecule has 0 radical (unpaired) electrons. The van der Waals surface area contributed by atoms with E-state index in [0.29, 0.717) is 11.4 Å². The van der Waals surface area contributed by atoms with Crippen molar-refractivity contribution < 1.29 is 17.9 Å². The second-order valence-corrected chi connectivity index (χ2v) is 7.36. The SMILES string of the molecule is COc1ccc(NC(=O)CS(=O)(=O)CC(C)(C)N)cc1. The number of carbonyl (C=O) groups excluding carboxylic acids is 1. The minimum absolute atomic E-state index is 0.240. The van der Waals surface area contributed by atoms with E-state index in [1.807, 2.05) is 0 Å². The minimum atomic E-state index is -3.53. The van der Waals surface area contributed by atoms with Crippen molar-refractivity contribution in [2.45, 2.75) is 19.4 Å². The van der Waals surface area contributed by atoms with E-state index < -0.39 is 27.0 Å². The van der Waals surface area contributed by atoms with Gasteiger partial charge in [0.2, 0.25) is 5.91 Å². The van der Waals surface area contributed by atoms with Gasteiger partial charge in [-0.15, -0.1) is 0 Å². The van der Waals surface area contributed by atoms with Crippen molar-refractivity contribution in [2.75, 3.05) is 23.9 Å². The molecule has 0 heterocycles. The number of benzene rings is 1. The van der Waals surface area contributed by atoms with Gasteiger partial charge in [0, 0.05) is 11.2 Å². The van der Waals surface area contributed by atoms with E-state index in [-0.39, 0.29) is 5.75 Å². The smallest absolute Gasteiger partial charge is 0.239 e. The van der Waals surface area contributed by atoms with Crippen LogP contribution in [-0.4, -0.2) is 38.5 Å². The maximum Gasteiger partial charge on any atom is 0.239 e. The zero-order chi connectivity index (χ0) is 15.4. The molecule has 7 heteroatoms. The van der Waals surface area contributed by atoms with Gasteiger partial charge in [0.1, 0.15) is 11.5 Å². The Morgan fingerprint density at radius 1 is 1.30 bits per heavy atom. The lowest BCUT2D eigenvalue weighted by Crippen LogP contribution is -2.42. The number of ether oxygens (including phenoxy) is 1. The number of carbonyl (C=O) groups is 1. The van der Waals surface area contributed by atoms with Crippen molar-refractivity contribution in [3.8, 4) is 5.75 Å². The number of amides is 1. The van der Waals surface area contributed by atoms with Crippen LogP contribution >= 0.6 is 0 Å². The van der Waals surface area contributed by atoms with Crippen molar-refractivity contribution in [2.24, 2.45) is 5.73 Å². The van der Waals surface area contributed by atoms with Crippen molar-refractivity contribution in [1.29, 1.82) is 0 Å². The molecule has 1 aromatic carbocycles. The maximum absolute atomic E-state index is 11.8. The summed E-state index contributed by atoms with van der Waals surface area (Å²) >= 11 is 0. The highest BCUT2D eigenvalue weighted by Crippen LogP contribution is 2.15. The predicted octanol–water partition coefficient (Wildman–Crippen LogP) is 0.786. The molecule has 112 valence electrons. The Labute approximate surface area is 119 Å². The van der Waals surface area contributed by atoms with Crippen LogP contribution in [0.2, 0.25) is 0 Å². The van der Waals surface area contributed by atoms with Gasteiger partial charge in [-0.25, -0.2) is 8.42 Å². The fourth-order valence-corrected chi connectivity index (χ4v) is 3.40. The van der Waals surface area contributed by atoms with Crippen LogP contribution in [0.3, 0.4) is 0 Å². The molecule has 0 spiro atoms. The molecule has 0 aliphatic rings. The van der Waals surface area contributed by atoms with Crippen LogP contribution in [0, 0.1) is 0 Å². The fraction of sp³-hybridized carbons (Fsp3) is 0.462. The third kappa shape index (κ3) is 6.03. The lowest BCUT2D eigenvalue weighted by atomic mass is 10.1. The van der Waals surface area contributed by atoms with Crippen LogP contribution in [0.4, 0.5) is 5.69 Å².